The molecule has 0 amide bonds. The molecular formula is C12H23N3O4S. The molecule has 2 rings (SSSR count). The molecule has 1 aliphatic heterocycles. The molecule has 2 fully saturated rings. The molecule has 0 aromatic carbocycles. The van der Waals surface area contributed by atoms with Gasteiger partial charge in [0, 0.05) is 32.7 Å². The Morgan fingerprint density at radius 1 is 1.40 bits per heavy atom. The lowest BCUT2D eigenvalue weighted by molar-refractivity contribution is -0.140. The average Bonchev–Trinajstić information content (AvgIpc) is 2.98. The number of fused-ring (bicyclic) bond motifs is 1. The smallest absolute Gasteiger partial charge is 0.306 e. The molecule has 3 atom stereocenters. The molecule has 0 spiro atoms. The zero-order chi connectivity index (χ0) is 14.9. The summed E-state index contributed by atoms with van der Waals surface area (Å²) in [5.41, 5.74) is 6.02. The van der Waals surface area contributed by atoms with Gasteiger partial charge in [-0.2, -0.15) is 17.0 Å². The van der Waals surface area contributed by atoms with Crippen LogP contribution in [0.4, 0.5) is 0 Å². The van der Waals surface area contributed by atoms with E-state index in [0.29, 0.717) is 19.0 Å². The third-order valence-electron chi connectivity index (χ3n) is 4.46. The number of nitrogens with zero attached hydrogens (tertiary/aromatic N) is 2. The summed E-state index contributed by atoms with van der Waals surface area (Å²) < 4.78 is 32.1. The second-order valence-corrected chi connectivity index (χ2v) is 7.67. The van der Waals surface area contributed by atoms with E-state index in [0.717, 1.165) is 12.8 Å². The third kappa shape index (κ3) is 2.98. The molecular weight excluding hydrogens is 282 g/mol. The van der Waals surface area contributed by atoms with Crippen LogP contribution in [-0.2, 0) is 19.7 Å². The third-order valence-corrected chi connectivity index (χ3v) is 6.38. The number of hydrogen-bond donors (Lipinski definition) is 1. The minimum absolute atomic E-state index is 0.0619. The number of rotatable bonds is 5. The fourth-order valence-corrected chi connectivity index (χ4v) is 4.57. The van der Waals surface area contributed by atoms with Gasteiger partial charge in [-0.1, -0.05) is 0 Å². The summed E-state index contributed by atoms with van der Waals surface area (Å²) in [6.07, 6.45) is 2.05. The maximum atomic E-state index is 12.4. The Bertz CT molecular complexity index is 467. The predicted octanol–water partition coefficient (Wildman–Crippen LogP) is -0.605. The van der Waals surface area contributed by atoms with Gasteiger partial charge in [-0.05, 0) is 24.7 Å². The maximum Gasteiger partial charge on any atom is 0.306 e. The number of hydrogen-bond acceptors (Lipinski definition) is 5. The molecule has 116 valence electrons. The molecule has 1 heterocycles. The van der Waals surface area contributed by atoms with Crippen LogP contribution in [0.2, 0.25) is 0 Å². The number of nitrogens with two attached hydrogens (primary N) is 1. The van der Waals surface area contributed by atoms with E-state index in [9.17, 15) is 13.2 Å². The lowest BCUT2D eigenvalue weighted by Gasteiger charge is -2.24. The minimum atomic E-state index is -3.50. The van der Waals surface area contributed by atoms with Gasteiger partial charge < -0.3 is 10.5 Å². The molecule has 1 saturated heterocycles. The average molecular weight is 305 g/mol. The highest BCUT2D eigenvalue weighted by Gasteiger charge is 2.45. The van der Waals surface area contributed by atoms with Gasteiger partial charge in [0.2, 0.25) is 0 Å². The van der Waals surface area contributed by atoms with Crippen LogP contribution in [0.15, 0.2) is 0 Å². The number of ether oxygens (including phenoxy) is 1. The van der Waals surface area contributed by atoms with E-state index in [4.69, 9.17) is 5.73 Å². The molecule has 7 nitrogen and oxygen atoms in total. The Labute approximate surface area is 120 Å². The summed E-state index contributed by atoms with van der Waals surface area (Å²) in [5.74, 6) is 0.250. The van der Waals surface area contributed by atoms with Crippen LogP contribution in [0.25, 0.3) is 0 Å². The number of carbonyl (C=O) groups excluding carboxylic acids is 1. The summed E-state index contributed by atoms with van der Waals surface area (Å²) >= 11 is 0. The molecule has 3 unspecified atom stereocenters. The monoisotopic (exact) mass is 305 g/mol. The van der Waals surface area contributed by atoms with Crippen molar-refractivity contribution in [2.24, 2.45) is 17.6 Å². The van der Waals surface area contributed by atoms with Crippen molar-refractivity contribution in [3.63, 3.8) is 0 Å². The molecule has 1 aliphatic carbocycles. The van der Waals surface area contributed by atoms with Gasteiger partial charge in [-0.3, -0.25) is 4.79 Å². The first-order valence-electron chi connectivity index (χ1n) is 6.90. The van der Waals surface area contributed by atoms with Crippen LogP contribution in [0.1, 0.15) is 19.3 Å². The molecule has 2 N–H and O–H groups in total. The Balaban J connectivity index is 1.95. The van der Waals surface area contributed by atoms with E-state index in [2.05, 4.69) is 4.74 Å². The van der Waals surface area contributed by atoms with E-state index in [1.165, 1.54) is 22.8 Å². The molecule has 0 bridgehead atoms. The molecule has 0 aromatic heterocycles. The number of carbonyl (C=O) groups is 1. The molecule has 8 heteroatoms. The fraction of sp³-hybridized carbons (Fsp3) is 0.917. The summed E-state index contributed by atoms with van der Waals surface area (Å²) in [7, 11) is -0.721. The summed E-state index contributed by atoms with van der Waals surface area (Å²) in [5, 5.41) is 0. The first-order chi connectivity index (χ1) is 9.36. The highest BCUT2D eigenvalue weighted by Crippen LogP contribution is 2.38. The van der Waals surface area contributed by atoms with E-state index in [1.54, 1.807) is 0 Å². The molecule has 1 saturated carbocycles. The van der Waals surface area contributed by atoms with Crippen molar-refractivity contribution < 1.29 is 17.9 Å². The van der Waals surface area contributed by atoms with Gasteiger partial charge in [-0.15, -0.1) is 0 Å². The maximum absolute atomic E-state index is 12.4. The quantitative estimate of drug-likeness (QED) is 0.684. The van der Waals surface area contributed by atoms with Gasteiger partial charge >= 0.3 is 5.97 Å². The molecule has 20 heavy (non-hydrogen) atoms. The highest BCUT2D eigenvalue weighted by atomic mass is 32.2. The first kappa shape index (κ1) is 15.7. The van der Waals surface area contributed by atoms with Crippen molar-refractivity contribution >= 4 is 16.2 Å². The summed E-state index contributed by atoms with van der Waals surface area (Å²) in [4.78, 5) is 11.1. The van der Waals surface area contributed by atoms with Crippen molar-refractivity contribution in [3.05, 3.63) is 0 Å². The summed E-state index contributed by atoms with van der Waals surface area (Å²) in [6.45, 7) is 1.17. The number of esters is 1. The standard InChI is InChI=1S/C12H23N3O4S/c1-14(6-5-12(16)19-2)20(17,18)15-7-9-3-4-11(13)10(9)8-15/h9-11H,3-8,13H2,1-2H3. The second-order valence-electron chi connectivity index (χ2n) is 5.64. The highest BCUT2D eigenvalue weighted by molar-refractivity contribution is 7.86. The van der Waals surface area contributed by atoms with Crippen molar-refractivity contribution in [1.82, 2.24) is 8.61 Å². The van der Waals surface area contributed by atoms with Crippen molar-refractivity contribution in [1.29, 1.82) is 0 Å². The Morgan fingerprint density at radius 2 is 2.10 bits per heavy atom. The predicted molar refractivity (Wildman–Crippen MR) is 73.9 cm³/mol. The van der Waals surface area contributed by atoms with Crippen molar-refractivity contribution in [3.8, 4) is 0 Å². The summed E-state index contributed by atoms with van der Waals surface area (Å²) in [6, 6.07) is 0.112. The largest absolute Gasteiger partial charge is 0.469 e. The molecule has 2 aliphatic rings. The van der Waals surface area contributed by atoms with E-state index in [-0.39, 0.29) is 24.9 Å². The zero-order valence-electron chi connectivity index (χ0n) is 12.0. The van der Waals surface area contributed by atoms with Gasteiger partial charge in [0.25, 0.3) is 10.2 Å². The fourth-order valence-electron chi connectivity index (χ4n) is 3.12. The van der Waals surface area contributed by atoms with Gasteiger partial charge in [0.05, 0.1) is 13.5 Å². The van der Waals surface area contributed by atoms with Crippen LogP contribution in [0, 0.1) is 11.8 Å². The van der Waals surface area contributed by atoms with Crippen LogP contribution in [0.3, 0.4) is 0 Å². The van der Waals surface area contributed by atoms with Crippen LogP contribution in [-0.4, -0.2) is 62.8 Å². The van der Waals surface area contributed by atoms with Gasteiger partial charge in [-0.25, -0.2) is 0 Å². The van der Waals surface area contributed by atoms with E-state index < -0.39 is 16.2 Å². The van der Waals surface area contributed by atoms with Crippen molar-refractivity contribution in [2.45, 2.75) is 25.3 Å². The van der Waals surface area contributed by atoms with E-state index >= 15 is 0 Å². The molecule has 0 aromatic rings. The second kappa shape index (κ2) is 5.97. The Kier molecular flexibility index (Phi) is 4.68. The number of methoxy groups -OCH3 is 1. The van der Waals surface area contributed by atoms with Crippen LogP contribution >= 0.6 is 0 Å². The first-order valence-corrected chi connectivity index (χ1v) is 8.29. The Morgan fingerprint density at radius 3 is 2.70 bits per heavy atom. The zero-order valence-corrected chi connectivity index (χ0v) is 12.8. The minimum Gasteiger partial charge on any atom is -0.469 e. The Hall–Kier alpha value is -0.700. The topological polar surface area (TPSA) is 92.9 Å². The van der Waals surface area contributed by atoms with Crippen molar-refractivity contribution in [2.75, 3.05) is 33.8 Å². The molecule has 0 radical (unpaired) electrons. The SMILES string of the molecule is COC(=O)CCN(C)S(=O)(=O)N1CC2CCC(N)C2C1. The van der Waals surface area contributed by atoms with Crippen LogP contribution in [0.5, 0.6) is 0 Å². The van der Waals surface area contributed by atoms with Gasteiger partial charge in [0.15, 0.2) is 0 Å². The van der Waals surface area contributed by atoms with Gasteiger partial charge in [0.1, 0.15) is 0 Å². The lowest BCUT2D eigenvalue weighted by atomic mass is 9.98. The van der Waals surface area contributed by atoms with Crippen LogP contribution < -0.4 is 5.73 Å². The normalized spacial score (nSPS) is 30.7. The lowest BCUT2D eigenvalue weighted by Crippen LogP contribution is -2.42. The van der Waals surface area contributed by atoms with E-state index in [1.807, 2.05) is 0 Å².